The molecule has 7 nitrogen and oxygen atoms in total. The SMILES string of the molecule is COc1cc2nc(N[C@H](C)c3cccc(C(F)(F)F)c3)c3cc(B4OC(C)(C)C(C)(C)O4)ccc3n2n1. The van der Waals surface area contributed by atoms with Crippen LogP contribution in [0.3, 0.4) is 0 Å². The summed E-state index contributed by atoms with van der Waals surface area (Å²) in [4.78, 5) is 4.74. The van der Waals surface area contributed by atoms with E-state index >= 15 is 0 Å². The van der Waals surface area contributed by atoms with Crippen LogP contribution in [0, 0.1) is 0 Å². The highest BCUT2D eigenvalue weighted by Crippen LogP contribution is 2.37. The summed E-state index contributed by atoms with van der Waals surface area (Å²) in [5.41, 5.74) is 0.834. The second kappa shape index (κ2) is 8.63. The van der Waals surface area contributed by atoms with Gasteiger partial charge in [-0.25, -0.2) is 9.50 Å². The van der Waals surface area contributed by atoms with Gasteiger partial charge in [0.25, 0.3) is 0 Å². The summed E-state index contributed by atoms with van der Waals surface area (Å²) in [6.07, 6.45) is -4.43. The predicted octanol–water partition coefficient (Wildman–Crippen LogP) is 5.38. The van der Waals surface area contributed by atoms with Gasteiger partial charge in [0.15, 0.2) is 5.65 Å². The molecule has 1 N–H and O–H groups in total. The maximum atomic E-state index is 13.3. The number of fused-ring (bicyclic) bond motifs is 3. The van der Waals surface area contributed by atoms with E-state index in [1.54, 1.807) is 23.6 Å². The molecular weight excluding hydrogens is 484 g/mol. The van der Waals surface area contributed by atoms with Gasteiger partial charge in [-0.1, -0.05) is 18.2 Å². The molecule has 0 saturated carbocycles. The van der Waals surface area contributed by atoms with Crippen LogP contribution in [0.2, 0.25) is 0 Å². The van der Waals surface area contributed by atoms with Gasteiger partial charge >= 0.3 is 13.3 Å². The lowest BCUT2D eigenvalue weighted by Gasteiger charge is -2.32. The Bertz CT molecular complexity index is 1470. The van der Waals surface area contributed by atoms with Crippen LogP contribution in [0.15, 0.2) is 48.5 Å². The molecule has 0 spiro atoms. The highest BCUT2D eigenvalue weighted by molar-refractivity contribution is 6.62. The van der Waals surface area contributed by atoms with Crippen LogP contribution in [0.4, 0.5) is 19.0 Å². The standard InChI is InChI=1S/C26H28BF3N4O3/c1-15(16-8-7-9-17(12-16)26(28,29)30)31-23-19-13-18(27-36-24(2,3)25(4,5)37-27)10-11-20(19)34-21(32-23)14-22(33-34)35-6/h7-15H,1-6H3,(H,31,32)/t15-/m1/s1. The first-order valence-electron chi connectivity index (χ1n) is 12.0. The number of nitrogens with zero attached hydrogens (tertiary/aromatic N) is 3. The van der Waals surface area contributed by atoms with Gasteiger partial charge in [0.05, 0.1) is 29.4 Å². The van der Waals surface area contributed by atoms with Gasteiger partial charge in [0.2, 0.25) is 5.88 Å². The fourth-order valence-corrected chi connectivity index (χ4v) is 4.32. The highest BCUT2D eigenvalue weighted by Gasteiger charge is 2.51. The zero-order chi connectivity index (χ0) is 26.8. The van der Waals surface area contributed by atoms with Crippen molar-refractivity contribution in [3.05, 3.63) is 59.7 Å². The minimum absolute atomic E-state index is 0.395. The number of aromatic nitrogens is 3. The Kier molecular flexibility index (Phi) is 5.91. The van der Waals surface area contributed by atoms with Crippen LogP contribution in [-0.4, -0.2) is 40.0 Å². The van der Waals surface area contributed by atoms with Crippen LogP contribution in [0.1, 0.15) is 51.8 Å². The van der Waals surface area contributed by atoms with Crippen molar-refractivity contribution in [3.8, 4) is 5.88 Å². The summed E-state index contributed by atoms with van der Waals surface area (Å²) in [5.74, 6) is 0.889. The number of rotatable bonds is 5. The topological polar surface area (TPSA) is 69.9 Å². The molecule has 0 unspecified atom stereocenters. The number of anilines is 1. The van der Waals surface area contributed by atoms with Crippen LogP contribution >= 0.6 is 0 Å². The summed E-state index contributed by atoms with van der Waals surface area (Å²) in [6.45, 7) is 9.73. The van der Waals surface area contributed by atoms with Crippen LogP contribution < -0.4 is 15.5 Å². The van der Waals surface area contributed by atoms with Gasteiger partial charge in [-0.05, 0) is 69.9 Å². The number of hydrogen-bond donors (Lipinski definition) is 1. The first kappa shape index (κ1) is 25.3. The van der Waals surface area contributed by atoms with E-state index in [1.165, 1.54) is 13.2 Å². The Balaban J connectivity index is 1.60. The lowest BCUT2D eigenvalue weighted by molar-refractivity contribution is -0.137. The van der Waals surface area contributed by atoms with E-state index in [1.807, 2.05) is 45.9 Å². The van der Waals surface area contributed by atoms with Gasteiger partial charge in [0, 0.05) is 17.5 Å². The smallest absolute Gasteiger partial charge is 0.480 e. The molecule has 2 aromatic carbocycles. The van der Waals surface area contributed by atoms with Crippen LogP contribution in [0.25, 0.3) is 16.6 Å². The molecule has 1 atom stereocenters. The largest absolute Gasteiger partial charge is 0.494 e. The first-order valence-corrected chi connectivity index (χ1v) is 12.0. The zero-order valence-corrected chi connectivity index (χ0v) is 21.5. The van der Waals surface area contributed by atoms with E-state index in [0.29, 0.717) is 28.3 Å². The Morgan fingerprint density at radius 3 is 2.38 bits per heavy atom. The molecule has 1 fully saturated rings. The van der Waals surface area contributed by atoms with E-state index in [4.69, 9.17) is 19.0 Å². The Morgan fingerprint density at radius 1 is 1.03 bits per heavy atom. The molecule has 2 aromatic heterocycles. The maximum absolute atomic E-state index is 13.3. The van der Waals surface area contributed by atoms with Crippen molar-refractivity contribution in [2.45, 2.75) is 58.0 Å². The van der Waals surface area contributed by atoms with Gasteiger partial charge in [0.1, 0.15) is 5.82 Å². The molecule has 11 heteroatoms. The second-order valence-electron chi connectivity index (χ2n) is 10.3. The average Bonchev–Trinajstić information content (AvgIpc) is 3.35. The Hall–Kier alpha value is -3.31. The molecule has 4 aromatic rings. The van der Waals surface area contributed by atoms with E-state index in [-0.39, 0.29) is 0 Å². The summed E-state index contributed by atoms with van der Waals surface area (Å²) in [6, 6.07) is 12.2. The molecule has 3 heterocycles. The van der Waals surface area contributed by atoms with Gasteiger partial charge < -0.3 is 19.4 Å². The molecule has 0 radical (unpaired) electrons. The zero-order valence-electron chi connectivity index (χ0n) is 21.5. The first-order chi connectivity index (χ1) is 17.3. The molecule has 1 saturated heterocycles. The summed E-state index contributed by atoms with van der Waals surface area (Å²) in [7, 11) is 0.931. The van der Waals surface area contributed by atoms with Crippen molar-refractivity contribution in [3.63, 3.8) is 0 Å². The molecule has 5 rings (SSSR count). The number of ether oxygens (including phenoxy) is 1. The monoisotopic (exact) mass is 512 g/mol. The van der Waals surface area contributed by atoms with Crippen molar-refractivity contribution in [2.24, 2.45) is 0 Å². The van der Waals surface area contributed by atoms with Crippen LogP contribution in [-0.2, 0) is 15.5 Å². The molecule has 1 aliphatic rings. The molecule has 0 amide bonds. The molecular formula is C26H28BF3N4O3. The normalized spacial score (nSPS) is 17.9. The number of benzene rings is 2. The summed E-state index contributed by atoms with van der Waals surface area (Å²) >= 11 is 0. The number of alkyl halides is 3. The number of halogens is 3. The third kappa shape index (κ3) is 4.50. The predicted molar refractivity (Wildman–Crippen MR) is 136 cm³/mol. The van der Waals surface area contributed by atoms with Crippen molar-refractivity contribution in [1.29, 1.82) is 0 Å². The molecule has 194 valence electrons. The summed E-state index contributed by atoms with van der Waals surface area (Å²) < 4.78 is 59.3. The molecule has 0 aliphatic carbocycles. The fourth-order valence-electron chi connectivity index (χ4n) is 4.32. The van der Waals surface area contributed by atoms with E-state index in [0.717, 1.165) is 23.1 Å². The summed E-state index contributed by atoms with van der Waals surface area (Å²) in [5, 5.41) is 8.49. The lowest BCUT2D eigenvalue weighted by atomic mass is 9.78. The van der Waals surface area contributed by atoms with Crippen molar-refractivity contribution in [1.82, 2.24) is 14.6 Å². The van der Waals surface area contributed by atoms with Gasteiger partial charge in [-0.2, -0.15) is 13.2 Å². The van der Waals surface area contributed by atoms with Crippen LogP contribution in [0.5, 0.6) is 5.88 Å². The Morgan fingerprint density at radius 2 is 1.73 bits per heavy atom. The fraction of sp³-hybridized carbons (Fsp3) is 0.385. The Labute approximate surface area is 213 Å². The minimum atomic E-state index is -4.43. The van der Waals surface area contributed by atoms with Crippen molar-refractivity contribution < 1.29 is 27.2 Å². The number of nitrogens with one attached hydrogen (secondary N) is 1. The maximum Gasteiger partial charge on any atom is 0.494 e. The third-order valence-corrected chi connectivity index (χ3v) is 7.20. The number of methoxy groups -OCH3 is 1. The molecule has 1 aliphatic heterocycles. The second-order valence-corrected chi connectivity index (χ2v) is 10.3. The van der Waals surface area contributed by atoms with E-state index in [2.05, 4.69) is 10.4 Å². The molecule has 0 bridgehead atoms. The van der Waals surface area contributed by atoms with Crippen molar-refractivity contribution >= 4 is 34.9 Å². The number of hydrogen-bond acceptors (Lipinski definition) is 6. The van der Waals surface area contributed by atoms with E-state index in [9.17, 15) is 13.2 Å². The average molecular weight is 512 g/mol. The highest BCUT2D eigenvalue weighted by atomic mass is 19.4. The van der Waals surface area contributed by atoms with Gasteiger partial charge in [-0.15, -0.1) is 5.10 Å². The quantitative estimate of drug-likeness (QED) is 0.362. The van der Waals surface area contributed by atoms with Crippen molar-refractivity contribution in [2.75, 3.05) is 12.4 Å². The van der Waals surface area contributed by atoms with Gasteiger partial charge in [-0.3, -0.25) is 0 Å². The minimum Gasteiger partial charge on any atom is -0.480 e. The lowest BCUT2D eigenvalue weighted by Crippen LogP contribution is -2.41. The van der Waals surface area contributed by atoms with E-state index < -0.39 is 36.1 Å². The molecule has 37 heavy (non-hydrogen) atoms. The third-order valence-electron chi connectivity index (χ3n) is 7.20.